The molecular formula is C15H14F3NO2. The molecule has 2 aromatic carbocycles. The van der Waals surface area contributed by atoms with Crippen LogP contribution in [0.3, 0.4) is 0 Å². The molecule has 6 heteroatoms. The van der Waals surface area contributed by atoms with Crippen molar-refractivity contribution in [2.45, 2.75) is 12.3 Å². The van der Waals surface area contributed by atoms with Gasteiger partial charge in [0.05, 0.1) is 5.56 Å². The number of hydrogen-bond acceptors (Lipinski definition) is 3. The van der Waals surface area contributed by atoms with E-state index >= 15 is 0 Å². The van der Waals surface area contributed by atoms with E-state index in [0.29, 0.717) is 11.3 Å². The van der Waals surface area contributed by atoms with Gasteiger partial charge in [-0.2, -0.15) is 13.2 Å². The predicted molar refractivity (Wildman–Crippen MR) is 72.8 cm³/mol. The van der Waals surface area contributed by atoms with Crippen LogP contribution in [0, 0.1) is 0 Å². The highest BCUT2D eigenvalue weighted by Gasteiger charge is 2.30. The number of nitrogens with two attached hydrogens (primary N) is 1. The number of hydrogen-bond donors (Lipinski definition) is 2. The third kappa shape index (κ3) is 4.13. The van der Waals surface area contributed by atoms with Crippen LogP contribution in [0.1, 0.15) is 17.2 Å². The Bertz CT molecular complexity index is 597. The average Bonchev–Trinajstić information content (AvgIpc) is 2.44. The second kappa shape index (κ2) is 6.05. The molecule has 1 unspecified atom stereocenters. The van der Waals surface area contributed by atoms with E-state index < -0.39 is 17.8 Å². The average molecular weight is 297 g/mol. The van der Waals surface area contributed by atoms with Gasteiger partial charge < -0.3 is 15.6 Å². The van der Waals surface area contributed by atoms with E-state index in [0.717, 1.165) is 12.1 Å². The van der Waals surface area contributed by atoms with Gasteiger partial charge in [0, 0.05) is 5.69 Å². The highest BCUT2D eigenvalue weighted by molar-refractivity contribution is 5.41. The number of aliphatic hydroxyl groups excluding tert-OH is 1. The molecule has 0 aliphatic rings. The van der Waals surface area contributed by atoms with Crippen molar-refractivity contribution in [2.75, 3.05) is 12.3 Å². The van der Waals surface area contributed by atoms with Crippen LogP contribution in [0.25, 0.3) is 0 Å². The van der Waals surface area contributed by atoms with Gasteiger partial charge in [-0.15, -0.1) is 0 Å². The Balaban J connectivity index is 1.97. The molecule has 0 saturated carbocycles. The summed E-state index contributed by atoms with van der Waals surface area (Å²) in [5, 5.41) is 9.93. The molecule has 2 rings (SSSR count). The first-order valence-corrected chi connectivity index (χ1v) is 6.20. The van der Waals surface area contributed by atoms with Crippen LogP contribution >= 0.6 is 0 Å². The standard InChI is InChI=1S/C15H14F3NO2/c16-15(17,18)11-4-6-13(7-5-11)21-9-14(20)10-2-1-3-12(19)8-10/h1-8,14,20H,9,19H2. The summed E-state index contributed by atoms with van der Waals surface area (Å²) < 4.78 is 42.5. The summed E-state index contributed by atoms with van der Waals surface area (Å²) in [5.41, 5.74) is 5.96. The minimum Gasteiger partial charge on any atom is -0.491 e. The van der Waals surface area contributed by atoms with Crippen molar-refractivity contribution in [3.8, 4) is 5.75 Å². The molecule has 21 heavy (non-hydrogen) atoms. The van der Waals surface area contributed by atoms with Crippen molar-refractivity contribution in [1.29, 1.82) is 0 Å². The number of halogens is 3. The number of anilines is 1. The third-order valence-corrected chi connectivity index (χ3v) is 2.88. The van der Waals surface area contributed by atoms with Gasteiger partial charge in [0.2, 0.25) is 0 Å². The van der Waals surface area contributed by atoms with Gasteiger partial charge >= 0.3 is 6.18 Å². The van der Waals surface area contributed by atoms with Gasteiger partial charge in [-0.3, -0.25) is 0 Å². The number of ether oxygens (including phenoxy) is 1. The van der Waals surface area contributed by atoms with E-state index in [1.807, 2.05) is 0 Å². The van der Waals surface area contributed by atoms with Gasteiger partial charge in [0.15, 0.2) is 0 Å². The first-order chi connectivity index (χ1) is 9.86. The zero-order chi connectivity index (χ0) is 15.5. The summed E-state index contributed by atoms with van der Waals surface area (Å²) in [4.78, 5) is 0. The molecular weight excluding hydrogens is 283 g/mol. The quantitative estimate of drug-likeness (QED) is 0.850. The fourth-order valence-corrected chi connectivity index (χ4v) is 1.78. The lowest BCUT2D eigenvalue weighted by atomic mass is 10.1. The number of aliphatic hydroxyl groups is 1. The molecule has 0 amide bonds. The monoisotopic (exact) mass is 297 g/mol. The van der Waals surface area contributed by atoms with Crippen LogP contribution < -0.4 is 10.5 Å². The third-order valence-electron chi connectivity index (χ3n) is 2.88. The van der Waals surface area contributed by atoms with Crippen molar-refractivity contribution < 1.29 is 23.0 Å². The number of nitrogen functional groups attached to an aromatic ring is 1. The van der Waals surface area contributed by atoms with Crippen LogP contribution in [0.4, 0.5) is 18.9 Å². The highest BCUT2D eigenvalue weighted by atomic mass is 19.4. The molecule has 0 fully saturated rings. The zero-order valence-corrected chi connectivity index (χ0v) is 11.0. The summed E-state index contributed by atoms with van der Waals surface area (Å²) in [6.45, 7) is -0.0746. The van der Waals surface area contributed by atoms with Crippen molar-refractivity contribution in [2.24, 2.45) is 0 Å². The van der Waals surface area contributed by atoms with E-state index in [2.05, 4.69) is 0 Å². The SMILES string of the molecule is Nc1cccc(C(O)COc2ccc(C(F)(F)F)cc2)c1. The van der Waals surface area contributed by atoms with Crippen molar-refractivity contribution >= 4 is 5.69 Å². The van der Waals surface area contributed by atoms with E-state index in [1.165, 1.54) is 12.1 Å². The number of benzene rings is 2. The fraction of sp³-hybridized carbons (Fsp3) is 0.200. The molecule has 0 aliphatic carbocycles. The zero-order valence-electron chi connectivity index (χ0n) is 11.0. The summed E-state index contributed by atoms with van der Waals surface area (Å²) in [7, 11) is 0. The highest BCUT2D eigenvalue weighted by Crippen LogP contribution is 2.30. The van der Waals surface area contributed by atoms with Crippen molar-refractivity contribution in [1.82, 2.24) is 0 Å². The number of rotatable bonds is 4. The molecule has 0 heterocycles. The van der Waals surface area contributed by atoms with Gasteiger partial charge in [-0.1, -0.05) is 12.1 Å². The Labute approximate surface area is 119 Å². The van der Waals surface area contributed by atoms with E-state index in [-0.39, 0.29) is 12.4 Å². The van der Waals surface area contributed by atoms with Gasteiger partial charge in [0.1, 0.15) is 18.5 Å². The number of alkyl halides is 3. The van der Waals surface area contributed by atoms with Gasteiger partial charge in [0.25, 0.3) is 0 Å². The van der Waals surface area contributed by atoms with Gasteiger partial charge in [-0.05, 0) is 42.0 Å². The first kappa shape index (κ1) is 15.2. The van der Waals surface area contributed by atoms with Crippen LogP contribution in [0.2, 0.25) is 0 Å². The molecule has 0 aromatic heterocycles. The fourth-order valence-electron chi connectivity index (χ4n) is 1.78. The largest absolute Gasteiger partial charge is 0.491 e. The van der Waals surface area contributed by atoms with Crippen molar-refractivity contribution in [3.05, 3.63) is 59.7 Å². The second-order valence-electron chi connectivity index (χ2n) is 4.52. The summed E-state index contributed by atoms with van der Waals surface area (Å²) in [6.07, 6.45) is -5.28. The topological polar surface area (TPSA) is 55.5 Å². The lowest BCUT2D eigenvalue weighted by molar-refractivity contribution is -0.137. The summed E-state index contributed by atoms with van der Waals surface area (Å²) in [6, 6.07) is 11.0. The maximum atomic E-state index is 12.4. The molecule has 0 saturated heterocycles. The maximum Gasteiger partial charge on any atom is 0.416 e. The van der Waals surface area contributed by atoms with Crippen molar-refractivity contribution in [3.63, 3.8) is 0 Å². The van der Waals surface area contributed by atoms with E-state index in [4.69, 9.17) is 10.5 Å². The molecule has 3 N–H and O–H groups in total. The molecule has 0 bridgehead atoms. The minimum absolute atomic E-state index is 0.0746. The molecule has 0 radical (unpaired) electrons. The molecule has 3 nitrogen and oxygen atoms in total. The Morgan fingerprint density at radius 3 is 2.33 bits per heavy atom. The Morgan fingerprint density at radius 2 is 1.76 bits per heavy atom. The maximum absolute atomic E-state index is 12.4. The minimum atomic E-state index is -4.38. The second-order valence-corrected chi connectivity index (χ2v) is 4.52. The molecule has 1 atom stereocenters. The lowest BCUT2D eigenvalue weighted by Gasteiger charge is -2.14. The van der Waals surface area contributed by atoms with E-state index in [1.54, 1.807) is 24.3 Å². The van der Waals surface area contributed by atoms with E-state index in [9.17, 15) is 18.3 Å². The summed E-state index contributed by atoms with van der Waals surface area (Å²) in [5.74, 6) is 0.256. The van der Waals surface area contributed by atoms with Crippen LogP contribution in [0.5, 0.6) is 5.75 Å². The molecule has 112 valence electrons. The smallest absolute Gasteiger partial charge is 0.416 e. The van der Waals surface area contributed by atoms with Crippen LogP contribution in [-0.4, -0.2) is 11.7 Å². The van der Waals surface area contributed by atoms with Gasteiger partial charge in [-0.25, -0.2) is 0 Å². The van der Waals surface area contributed by atoms with Crippen LogP contribution in [-0.2, 0) is 6.18 Å². The van der Waals surface area contributed by atoms with Crippen LogP contribution in [0.15, 0.2) is 48.5 Å². The molecule has 0 spiro atoms. The Morgan fingerprint density at radius 1 is 1.10 bits per heavy atom. The molecule has 0 aliphatic heterocycles. The summed E-state index contributed by atoms with van der Waals surface area (Å²) >= 11 is 0. The Kier molecular flexibility index (Phi) is 4.37. The normalized spacial score (nSPS) is 13.0. The molecule has 2 aromatic rings. The Hall–Kier alpha value is -2.21. The first-order valence-electron chi connectivity index (χ1n) is 6.20. The predicted octanol–water partition coefficient (Wildman–Crippen LogP) is 3.40. The lowest BCUT2D eigenvalue weighted by Crippen LogP contribution is -2.10.